The quantitative estimate of drug-likeness (QED) is 0.226. The van der Waals surface area contributed by atoms with Crippen molar-refractivity contribution in [2.75, 3.05) is 24.5 Å². The molecule has 0 aliphatic carbocycles. The largest absolute Gasteiger partial charge is 0.383 e. The van der Waals surface area contributed by atoms with Gasteiger partial charge in [-0.1, -0.05) is 37.3 Å². The molecule has 45 heavy (non-hydrogen) atoms. The maximum Gasteiger partial charge on any atom is 0.175 e. The Morgan fingerprint density at radius 1 is 1.00 bits per heavy atom. The predicted molar refractivity (Wildman–Crippen MR) is 174 cm³/mol. The van der Waals surface area contributed by atoms with Crippen LogP contribution in [-0.2, 0) is 11.2 Å². The van der Waals surface area contributed by atoms with E-state index in [9.17, 15) is 9.90 Å². The summed E-state index contributed by atoms with van der Waals surface area (Å²) in [6.07, 6.45) is 13.5. The van der Waals surface area contributed by atoms with Gasteiger partial charge in [-0.15, -0.1) is 0 Å². The number of rotatable bonds is 2. The summed E-state index contributed by atoms with van der Waals surface area (Å²) in [5.41, 5.74) is 2.34. The lowest BCUT2D eigenvalue weighted by molar-refractivity contribution is -0.120. The molecule has 2 saturated heterocycles. The minimum atomic E-state index is -1.00. The van der Waals surface area contributed by atoms with Crippen molar-refractivity contribution in [3.05, 3.63) is 40.7 Å². The topological polar surface area (TPSA) is 120 Å². The summed E-state index contributed by atoms with van der Waals surface area (Å²) in [5, 5.41) is 24.1. The first-order chi connectivity index (χ1) is 22.0. The molecule has 0 radical (unpaired) electrons. The second kappa shape index (κ2) is 13.3. The highest BCUT2D eigenvalue weighted by molar-refractivity contribution is 6.33. The van der Waals surface area contributed by atoms with Crippen molar-refractivity contribution in [1.82, 2.24) is 30.5 Å². The SMILES string of the molecule is O=C1CCCCc2c(Cl)cc3[nH]ncc3c2-c2ncc3c(nc(C(O)C4CCCCCCN4)nc3c2F)N2CCCCC(C1)C2. The van der Waals surface area contributed by atoms with E-state index >= 15 is 4.39 Å². The number of anilines is 1. The standard InChI is InChI=1S/C34H41ClFN7O2/c35-25-16-27-23(18-39-42-27)28-22(25)11-5-4-10-21(44)15-20-9-6-8-14-43(19-20)34-24-17-38-31(28)29(36)30(24)40-33(41-34)32(45)26-12-3-1-2-7-13-37-26/h16-18,20,26,32,37,45H,1-15,19H2,(H,39,42). The van der Waals surface area contributed by atoms with Crippen LogP contribution in [0.1, 0.15) is 94.5 Å². The van der Waals surface area contributed by atoms with E-state index < -0.39 is 11.9 Å². The minimum absolute atomic E-state index is 0.136. The second-order valence-corrected chi connectivity index (χ2v) is 13.5. The molecule has 1 aromatic carbocycles. The van der Waals surface area contributed by atoms with Crippen molar-refractivity contribution in [2.45, 2.75) is 95.6 Å². The third-order valence-electron chi connectivity index (χ3n) is 9.93. The lowest BCUT2D eigenvalue weighted by Gasteiger charge is -2.29. The number of aromatic amines is 1. The molecule has 0 amide bonds. The van der Waals surface area contributed by atoms with E-state index in [1.54, 1.807) is 12.4 Å². The molecule has 7 heterocycles. The summed E-state index contributed by atoms with van der Waals surface area (Å²) >= 11 is 6.83. The number of fused-ring (bicyclic) bond motifs is 7. The van der Waals surface area contributed by atoms with Gasteiger partial charge in [0.25, 0.3) is 0 Å². The number of halogens is 2. The number of H-pyrrole nitrogens is 1. The normalized spacial score (nSPS) is 22.7. The van der Waals surface area contributed by atoms with Crippen LogP contribution in [0.3, 0.4) is 0 Å². The fourth-order valence-corrected chi connectivity index (χ4v) is 7.84. The smallest absolute Gasteiger partial charge is 0.175 e. The molecule has 3 unspecified atom stereocenters. The van der Waals surface area contributed by atoms with Crippen LogP contribution in [0, 0.1) is 11.7 Å². The Morgan fingerprint density at radius 3 is 2.76 bits per heavy atom. The van der Waals surface area contributed by atoms with Crippen molar-refractivity contribution in [2.24, 2.45) is 5.92 Å². The summed E-state index contributed by atoms with van der Waals surface area (Å²) in [5.74, 6) is 0.685. The molecule has 0 saturated carbocycles. The van der Waals surface area contributed by atoms with Gasteiger partial charge in [0, 0.05) is 54.1 Å². The van der Waals surface area contributed by atoms with E-state index in [-0.39, 0.29) is 34.8 Å². The van der Waals surface area contributed by atoms with Gasteiger partial charge in [-0.05, 0) is 69.0 Å². The van der Waals surface area contributed by atoms with Crippen molar-refractivity contribution in [1.29, 1.82) is 0 Å². The van der Waals surface area contributed by atoms with E-state index in [0.29, 0.717) is 53.1 Å². The predicted octanol–water partition coefficient (Wildman–Crippen LogP) is 6.61. The van der Waals surface area contributed by atoms with Crippen LogP contribution < -0.4 is 10.2 Å². The highest BCUT2D eigenvalue weighted by atomic mass is 35.5. The van der Waals surface area contributed by atoms with Crippen LogP contribution in [0.4, 0.5) is 10.2 Å². The number of ketones is 1. The molecule has 3 atom stereocenters. The van der Waals surface area contributed by atoms with Crippen LogP contribution in [0.2, 0.25) is 5.02 Å². The van der Waals surface area contributed by atoms with E-state index in [4.69, 9.17) is 26.6 Å². The fraction of sp³-hybridized carbons (Fsp3) is 0.559. The van der Waals surface area contributed by atoms with Crippen LogP contribution in [0.15, 0.2) is 18.5 Å². The average molecular weight is 634 g/mol. The molecule has 9 nitrogen and oxygen atoms in total. The Bertz CT molecular complexity index is 1700. The summed E-state index contributed by atoms with van der Waals surface area (Å²) in [4.78, 5) is 29.8. The number of nitrogens with zero attached hydrogens (tertiary/aromatic N) is 5. The van der Waals surface area contributed by atoms with Gasteiger partial charge in [0.05, 0.1) is 17.1 Å². The minimum Gasteiger partial charge on any atom is -0.383 e. The van der Waals surface area contributed by atoms with Crippen molar-refractivity contribution >= 4 is 45.0 Å². The van der Waals surface area contributed by atoms with Gasteiger partial charge in [-0.2, -0.15) is 5.10 Å². The zero-order valence-electron chi connectivity index (χ0n) is 25.6. The lowest BCUT2D eigenvalue weighted by Crippen LogP contribution is -2.38. The number of aromatic nitrogens is 5. The Morgan fingerprint density at radius 2 is 1.84 bits per heavy atom. The van der Waals surface area contributed by atoms with Crippen LogP contribution in [-0.4, -0.2) is 61.7 Å². The number of aliphatic hydroxyl groups is 1. The molecule has 6 bridgehead atoms. The molecule has 238 valence electrons. The molecule has 0 spiro atoms. The highest BCUT2D eigenvalue weighted by Crippen LogP contribution is 2.40. The molecule has 3 aromatic heterocycles. The molecule has 4 aliphatic heterocycles. The lowest BCUT2D eigenvalue weighted by atomic mass is 9.92. The summed E-state index contributed by atoms with van der Waals surface area (Å²) in [6.45, 7) is 2.18. The molecule has 3 N–H and O–H groups in total. The second-order valence-electron chi connectivity index (χ2n) is 13.1. The van der Waals surface area contributed by atoms with Gasteiger partial charge in [0.1, 0.15) is 28.9 Å². The van der Waals surface area contributed by atoms with Gasteiger partial charge in [-0.3, -0.25) is 14.9 Å². The zero-order chi connectivity index (χ0) is 30.9. The van der Waals surface area contributed by atoms with Crippen molar-refractivity contribution < 1.29 is 14.3 Å². The Kier molecular flexibility index (Phi) is 8.97. The van der Waals surface area contributed by atoms with Crippen LogP contribution in [0.25, 0.3) is 33.1 Å². The number of Topliss-reactive ketones (excluding diaryl/α,β-unsaturated/α-hetero) is 1. The number of benzene rings is 1. The van der Waals surface area contributed by atoms with E-state index in [2.05, 4.69) is 20.4 Å². The number of pyridine rings is 1. The van der Waals surface area contributed by atoms with E-state index in [1.807, 2.05) is 6.07 Å². The number of carbonyl (C=O) groups is 1. The number of hydrogen-bond donors (Lipinski definition) is 3. The molecular weight excluding hydrogens is 593 g/mol. The summed E-state index contributed by atoms with van der Waals surface area (Å²) in [7, 11) is 0. The van der Waals surface area contributed by atoms with Gasteiger partial charge in [-0.25, -0.2) is 14.4 Å². The molecule has 2 fully saturated rings. The average Bonchev–Trinajstić information content (AvgIpc) is 3.35. The van der Waals surface area contributed by atoms with Gasteiger partial charge >= 0.3 is 0 Å². The first-order valence-electron chi connectivity index (χ1n) is 16.7. The van der Waals surface area contributed by atoms with Crippen LogP contribution >= 0.6 is 11.6 Å². The molecular formula is C34H41ClFN7O2. The molecule has 4 aromatic rings. The number of nitrogens with one attached hydrogen (secondary N) is 2. The Hall–Kier alpha value is -3.21. The third kappa shape index (κ3) is 6.16. The number of carbonyl (C=O) groups excluding carboxylic acids is 1. The maximum atomic E-state index is 17.1. The maximum absolute atomic E-state index is 17.1. The Labute approximate surface area is 267 Å². The van der Waals surface area contributed by atoms with Gasteiger partial charge in [0.15, 0.2) is 11.6 Å². The van der Waals surface area contributed by atoms with Crippen LogP contribution in [0.5, 0.6) is 0 Å². The summed E-state index contributed by atoms with van der Waals surface area (Å²) < 4.78 is 17.1. The van der Waals surface area contributed by atoms with Crippen molar-refractivity contribution in [3.63, 3.8) is 0 Å². The van der Waals surface area contributed by atoms with E-state index in [0.717, 1.165) is 81.8 Å². The first-order valence-corrected chi connectivity index (χ1v) is 17.0. The van der Waals surface area contributed by atoms with E-state index in [1.165, 1.54) is 6.42 Å². The number of aliphatic hydroxyl groups excluding tert-OH is 1. The van der Waals surface area contributed by atoms with Gasteiger partial charge < -0.3 is 15.3 Å². The summed E-state index contributed by atoms with van der Waals surface area (Å²) in [6, 6.07) is 1.59. The molecule has 11 heteroatoms. The molecule has 8 rings (SSSR count). The van der Waals surface area contributed by atoms with Gasteiger partial charge in [0.2, 0.25) is 0 Å². The molecule has 4 aliphatic rings. The Balaban J connectivity index is 1.44. The monoisotopic (exact) mass is 633 g/mol. The first kappa shape index (κ1) is 30.4. The zero-order valence-corrected chi connectivity index (χ0v) is 26.4. The van der Waals surface area contributed by atoms with Crippen molar-refractivity contribution in [3.8, 4) is 11.3 Å². The number of hydrogen-bond acceptors (Lipinski definition) is 8. The third-order valence-corrected chi connectivity index (χ3v) is 10.3. The fourth-order valence-electron chi connectivity index (χ4n) is 7.54. The highest BCUT2D eigenvalue weighted by Gasteiger charge is 2.30.